The second-order valence-corrected chi connectivity index (χ2v) is 5.19. The van der Waals surface area contributed by atoms with Crippen LogP contribution in [-0.4, -0.2) is 42.6 Å². The Kier molecular flexibility index (Phi) is 6.02. The van der Waals surface area contributed by atoms with Crippen molar-refractivity contribution in [3.05, 3.63) is 11.1 Å². The zero-order chi connectivity index (χ0) is 14.5. The number of aromatic nitrogens is 1. The summed E-state index contributed by atoms with van der Waals surface area (Å²) in [6.45, 7) is 1.53. The Hall–Kier alpha value is -0.860. The number of hydrogen-bond acceptors (Lipinski definition) is 5. The Labute approximate surface area is 113 Å². The van der Waals surface area contributed by atoms with Gasteiger partial charge >= 0.3 is 6.18 Å². The molecule has 0 spiro atoms. The topological polar surface area (TPSA) is 45.6 Å². The standard InChI is InChI=1S/C11H17F3N2O2S/c1-8(11(12,13)14)18-5-3-4-16(2)10-15-6-9(7-17)19-10/h6,8,17H,3-5,7H2,1-2H3. The highest BCUT2D eigenvalue weighted by atomic mass is 32.1. The second kappa shape index (κ2) is 7.06. The third-order valence-corrected chi connectivity index (χ3v) is 3.59. The summed E-state index contributed by atoms with van der Waals surface area (Å²) < 4.78 is 41.2. The molecule has 0 radical (unpaired) electrons. The number of alkyl halides is 3. The molecule has 1 unspecified atom stereocenters. The van der Waals surface area contributed by atoms with Crippen molar-refractivity contribution in [1.29, 1.82) is 0 Å². The molecule has 0 saturated carbocycles. The minimum Gasteiger partial charge on any atom is -0.391 e. The van der Waals surface area contributed by atoms with Crippen LogP contribution in [0.15, 0.2) is 6.20 Å². The molecule has 0 fully saturated rings. The zero-order valence-electron chi connectivity index (χ0n) is 10.8. The van der Waals surface area contributed by atoms with Crippen molar-refractivity contribution < 1.29 is 23.0 Å². The third-order valence-electron chi connectivity index (χ3n) is 2.49. The first-order chi connectivity index (χ1) is 8.84. The van der Waals surface area contributed by atoms with Crippen LogP contribution in [0.3, 0.4) is 0 Å². The maximum absolute atomic E-state index is 12.2. The molecule has 0 aliphatic carbocycles. The van der Waals surface area contributed by atoms with E-state index >= 15 is 0 Å². The van der Waals surface area contributed by atoms with E-state index in [9.17, 15) is 13.2 Å². The average molecular weight is 298 g/mol. The lowest BCUT2D eigenvalue weighted by atomic mass is 10.4. The summed E-state index contributed by atoms with van der Waals surface area (Å²) >= 11 is 1.35. The molecule has 4 nitrogen and oxygen atoms in total. The maximum Gasteiger partial charge on any atom is 0.414 e. The van der Waals surface area contributed by atoms with Crippen LogP contribution in [0.4, 0.5) is 18.3 Å². The quantitative estimate of drug-likeness (QED) is 0.785. The Morgan fingerprint density at radius 1 is 1.53 bits per heavy atom. The number of aliphatic hydroxyl groups is 1. The number of aliphatic hydroxyl groups excluding tert-OH is 1. The molecule has 8 heteroatoms. The fourth-order valence-corrected chi connectivity index (χ4v) is 2.06. The number of nitrogens with zero attached hydrogens (tertiary/aromatic N) is 2. The zero-order valence-corrected chi connectivity index (χ0v) is 11.6. The predicted octanol–water partition coefficient (Wildman–Crippen LogP) is 2.43. The summed E-state index contributed by atoms with van der Waals surface area (Å²) in [5.74, 6) is 0. The number of halogens is 3. The maximum atomic E-state index is 12.2. The van der Waals surface area contributed by atoms with Crippen molar-refractivity contribution >= 4 is 16.5 Å². The van der Waals surface area contributed by atoms with Crippen LogP contribution in [0.25, 0.3) is 0 Å². The minimum atomic E-state index is -4.31. The van der Waals surface area contributed by atoms with E-state index in [1.807, 2.05) is 4.90 Å². The fraction of sp³-hybridized carbons (Fsp3) is 0.727. The van der Waals surface area contributed by atoms with Gasteiger partial charge in [-0.3, -0.25) is 0 Å². The first-order valence-corrected chi connectivity index (χ1v) is 6.61. The first kappa shape index (κ1) is 16.2. The molecular weight excluding hydrogens is 281 g/mol. The Morgan fingerprint density at radius 2 is 2.21 bits per heavy atom. The second-order valence-electron chi connectivity index (χ2n) is 4.10. The van der Waals surface area contributed by atoms with Gasteiger partial charge in [0.15, 0.2) is 11.2 Å². The van der Waals surface area contributed by atoms with Crippen molar-refractivity contribution in [2.24, 2.45) is 0 Å². The van der Waals surface area contributed by atoms with Gasteiger partial charge in [-0.15, -0.1) is 0 Å². The molecule has 1 N–H and O–H groups in total. The summed E-state index contributed by atoms with van der Waals surface area (Å²) in [6, 6.07) is 0. The van der Waals surface area contributed by atoms with Gasteiger partial charge in [0, 0.05) is 26.4 Å². The van der Waals surface area contributed by atoms with Crippen LogP contribution < -0.4 is 4.90 Å². The van der Waals surface area contributed by atoms with Gasteiger partial charge in [0.2, 0.25) is 0 Å². The van der Waals surface area contributed by atoms with Gasteiger partial charge in [-0.05, 0) is 13.3 Å². The molecule has 0 aliphatic heterocycles. The van der Waals surface area contributed by atoms with E-state index in [4.69, 9.17) is 9.84 Å². The van der Waals surface area contributed by atoms with Crippen LogP contribution in [0.1, 0.15) is 18.2 Å². The number of hydrogen-bond donors (Lipinski definition) is 1. The number of ether oxygens (including phenoxy) is 1. The molecule has 0 amide bonds. The molecule has 0 aliphatic rings. The van der Waals surface area contributed by atoms with Gasteiger partial charge < -0.3 is 14.7 Å². The molecule has 110 valence electrons. The molecule has 0 bridgehead atoms. The minimum absolute atomic E-state index is 0.0449. The van der Waals surface area contributed by atoms with E-state index < -0.39 is 12.3 Å². The largest absolute Gasteiger partial charge is 0.414 e. The van der Waals surface area contributed by atoms with Crippen molar-refractivity contribution in [3.8, 4) is 0 Å². The van der Waals surface area contributed by atoms with E-state index in [-0.39, 0.29) is 13.2 Å². The lowest BCUT2D eigenvalue weighted by molar-refractivity contribution is -0.214. The summed E-state index contributed by atoms with van der Waals surface area (Å²) in [7, 11) is 1.80. The SMILES string of the molecule is CC(OCCCN(C)c1ncc(CO)s1)C(F)(F)F. The van der Waals surface area contributed by atoms with Crippen molar-refractivity contribution in [3.63, 3.8) is 0 Å². The van der Waals surface area contributed by atoms with Gasteiger partial charge in [-0.2, -0.15) is 13.2 Å². The summed E-state index contributed by atoms with van der Waals surface area (Å²) in [5.41, 5.74) is 0. The van der Waals surface area contributed by atoms with E-state index in [0.717, 1.165) is 16.9 Å². The molecule has 1 atom stereocenters. The molecular formula is C11H17F3N2O2S. The predicted molar refractivity (Wildman–Crippen MR) is 67.4 cm³/mol. The van der Waals surface area contributed by atoms with Crippen molar-refractivity contribution in [2.75, 3.05) is 25.1 Å². The molecule has 1 rings (SSSR count). The Morgan fingerprint density at radius 3 is 2.74 bits per heavy atom. The Balaban J connectivity index is 2.26. The van der Waals surface area contributed by atoms with Gasteiger partial charge in [0.25, 0.3) is 0 Å². The average Bonchev–Trinajstić information content (AvgIpc) is 2.81. The van der Waals surface area contributed by atoms with Crippen LogP contribution >= 0.6 is 11.3 Å². The van der Waals surface area contributed by atoms with Gasteiger partial charge in [-0.1, -0.05) is 11.3 Å². The van der Waals surface area contributed by atoms with Crippen molar-refractivity contribution in [2.45, 2.75) is 32.2 Å². The Bertz CT molecular complexity index is 384. The lowest BCUT2D eigenvalue weighted by Crippen LogP contribution is -2.29. The van der Waals surface area contributed by atoms with Crippen LogP contribution in [0, 0.1) is 0 Å². The summed E-state index contributed by atoms with van der Waals surface area (Å²) in [5, 5.41) is 9.64. The summed E-state index contributed by atoms with van der Waals surface area (Å²) in [6.07, 6.45) is -3.99. The number of rotatable bonds is 7. The molecule has 19 heavy (non-hydrogen) atoms. The van der Waals surface area contributed by atoms with E-state index in [0.29, 0.717) is 13.0 Å². The monoisotopic (exact) mass is 298 g/mol. The highest BCUT2D eigenvalue weighted by molar-refractivity contribution is 7.15. The fourth-order valence-electron chi connectivity index (χ4n) is 1.30. The van der Waals surface area contributed by atoms with E-state index in [1.54, 1.807) is 13.2 Å². The normalized spacial score (nSPS) is 13.6. The summed E-state index contributed by atoms with van der Waals surface area (Å²) in [4.78, 5) is 6.68. The van der Waals surface area contributed by atoms with Gasteiger partial charge in [0.05, 0.1) is 11.5 Å². The van der Waals surface area contributed by atoms with Crippen molar-refractivity contribution in [1.82, 2.24) is 4.98 Å². The highest BCUT2D eigenvalue weighted by Gasteiger charge is 2.36. The molecule has 1 aromatic heterocycles. The van der Waals surface area contributed by atoms with E-state index in [1.165, 1.54) is 11.3 Å². The van der Waals surface area contributed by atoms with Crippen LogP contribution in [0.5, 0.6) is 0 Å². The molecule has 1 heterocycles. The van der Waals surface area contributed by atoms with Crippen LogP contribution in [-0.2, 0) is 11.3 Å². The molecule has 0 aromatic carbocycles. The number of thiazole rings is 1. The highest BCUT2D eigenvalue weighted by Crippen LogP contribution is 2.23. The lowest BCUT2D eigenvalue weighted by Gasteiger charge is -2.18. The third kappa shape index (κ3) is 5.33. The smallest absolute Gasteiger partial charge is 0.391 e. The first-order valence-electron chi connectivity index (χ1n) is 5.79. The van der Waals surface area contributed by atoms with Gasteiger partial charge in [-0.25, -0.2) is 4.98 Å². The molecule has 0 saturated heterocycles. The van der Waals surface area contributed by atoms with Crippen LogP contribution in [0.2, 0.25) is 0 Å². The number of anilines is 1. The van der Waals surface area contributed by atoms with Gasteiger partial charge in [0.1, 0.15) is 0 Å². The van der Waals surface area contributed by atoms with E-state index in [2.05, 4.69) is 4.98 Å². The molecule has 1 aromatic rings.